The Balaban J connectivity index is 1.46. The van der Waals surface area contributed by atoms with Crippen molar-refractivity contribution < 1.29 is 18.1 Å². The quantitative estimate of drug-likeness (QED) is 0.474. The number of anilines is 1. The van der Waals surface area contributed by atoms with Crippen molar-refractivity contribution in [1.82, 2.24) is 14.3 Å². The van der Waals surface area contributed by atoms with Gasteiger partial charge in [0.2, 0.25) is 0 Å². The summed E-state index contributed by atoms with van der Waals surface area (Å²) < 4.78 is 40.7. The predicted molar refractivity (Wildman–Crippen MR) is 106 cm³/mol. The van der Waals surface area contributed by atoms with Crippen molar-refractivity contribution >= 4 is 17.0 Å². The minimum absolute atomic E-state index is 0.219. The first-order valence-corrected chi connectivity index (χ1v) is 9.48. The lowest BCUT2D eigenvalue weighted by atomic mass is 10.1. The van der Waals surface area contributed by atoms with Crippen LogP contribution in [0.2, 0.25) is 0 Å². The van der Waals surface area contributed by atoms with Crippen LogP contribution in [0.25, 0.3) is 5.65 Å². The molecule has 2 aromatic heterocycles. The number of piperazine rings is 1. The molecule has 30 heavy (non-hydrogen) atoms. The number of nitro groups is 1. The number of halogens is 3. The molecular formula is C20H20F3N5O2. The standard InChI is InChI=1S/C20H20F3N5O2/c1-14-3-2-6-27-13-16(24-19(14)27)12-25-7-9-26(10-8-25)17-5-4-15(20(21,22)23)11-18(17)28(29)30/h2-6,11,13H,7-10,12H2,1H3. The van der Waals surface area contributed by atoms with E-state index in [1.807, 2.05) is 35.9 Å². The Kier molecular flexibility index (Phi) is 5.10. The first kappa shape index (κ1) is 20.1. The van der Waals surface area contributed by atoms with Crippen LogP contribution in [0, 0.1) is 17.0 Å². The van der Waals surface area contributed by atoms with E-state index in [2.05, 4.69) is 9.88 Å². The van der Waals surface area contributed by atoms with Gasteiger partial charge in [-0.15, -0.1) is 0 Å². The average Bonchev–Trinajstić information content (AvgIpc) is 3.11. The molecular weight excluding hydrogens is 399 g/mol. The predicted octanol–water partition coefficient (Wildman–Crippen LogP) is 3.89. The van der Waals surface area contributed by atoms with Crippen LogP contribution >= 0.6 is 0 Å². The zero-order valence-electron chi connectivity index (χ0n) is 16.3. The highest BCUT2D eigenvalue weighted by atomic mass is 19.4. The normalized spacial score (nSPS) is 15.7. The van der Waals surface area contributed by atoms with Crippen molar-refractivity contribution in [2.45, 2.75) is 19.6 Å². The zero-order valence-corrected chi connectivity index (χ0v) is 16.3. The monoisotopic (exact) mass is 419 g/mol. The summed E-state index contributed by atoms with van der Waals surface area (Å²) in [6.07, 6.45) is -0.690. The SMILES string of the molecule is Cc1cccn2cc(CN3CCN(c4ccc(C(F)(F)F)cc4[N+](=O)[O-])CC3)nc12. The summed E-state index contributed by atoms with van der Waals surface area (Å²) in [5.74, 6) is 0. The van der Waals surface area contributed by atoms with Crippen molar-refractivity contribution in [2.75, 3.05) is 31.1 Å². The summed E-state index contributed by atoms with van der Waals surface area (Å²) in [7, 11) is 0. The number of hydrogen-bond acceptors (Lipinski definition) is 5. The van der Waals surface area contributed by atoms with Crippen molar-refractivity contribution in [3.63, 3.8) is 0 Å². The number of nitrogens with zero attached hydrogens (tertiary/aromatic N) is 5. The molecule has 0 radical (unpaired) electrons. The first-order valence-electron chi connectivity index (χ1n) is 9.48. The highest BCUT2D eigenvalue weighted by Gasteiger charge is 2.34. The van der Waals surface area contributed by atoms with E-state index in [1.54, 1.807) is 4.90 Å². The van der Waals surface area contributed by atoms with E-state index in [0.29, 0.717) is 38.8 Å². The third-order valence-electron chi connectivity index (χ3n) is 5.33. The number of nitro benzene ring substituents is 1. The van der Waals surface area contributed by atoms with Crippen LogP contribution in [-0.2, 0) is 12.7 Å². The summed E-state index contributed by atoms with van der Waals surface area (Å²) in [6, 6.07) is 6.67. The van der Waals surface area contributed by atoms with E-state index in [9.17, 15) is 23.3 Å². The minimum atomic E-state index is -4.62. The molecule has 3 heterocycles. The highest BCUT2D eigenvalue weighted by Crippen LogP contribution is 2.36. The molecule has 0 amide bonds. The van der Waals surface area contributed by atoms with E-state index >= 15 is 0 Å². The molecule has 3 aromatic rings. The van der Waals surface area contributed by atoms with Gasteiger partial charge in [0.1, 0.15) is 11.3 Å². The number of rotatable bonds is 4. The summed E-state index contributed by atoms with van der Waals surface area (Å²) in [4.78, 5) is 19.2. The second-order valence-corrected chi connectivity index (χ2v) is 7.38. The number of pyridine rings is 1. The maximum absolute atomic E-state index is 12.9. The Hall–Kier alpha value is -3.14. The number of fused-ring (bicyclic) bond motifs is 1. The second-order valence-electron chi connectivity index (χ2n) is 7.38. The van der Waals surface area contributed by atoms with Crippen molar-refractivity contribution in [3.05, 3.63) is 69.7 Å². The fraction of sp³-hybridized carbons (Fsp3) is 0.350. The van der Waals surface area contributed by atoms with Crippen LogP contribution in [0.5, 0.6) is 0 Å². The first-order chi connectivity index (χ1) is 14.2. The van der Waals surface area contributed by atoms with Gasteiger partial charge in [-0.25, -0.2) is 4.98 Å². The van der Waals surface area contributed by atoms with Gasteiger partial charge in [0.05, 0.1) is 16.2 Å². The number of aryl methyl sites for hydroxylation is 1. The number of hydrogen-bond donors (Lipinski definition) is 0. The highest BCUT2D eigenvalue weighted by molar-refractivity contribution is 5.65. The summed E-state index contributed by atoms with van der Waals surface area (Å²) >= 11 is 0. The third kappa shape index (κ3) is 3.95. The van der Waals surface area contributed by atoms with Gasteiger partial charge in [0, 0.05) is 51.2 Å². The molecule has 1 aromatic carbocycles. The van der Waals surface area contributed by atoms with E-state index in [-0.39, 0.29) is 5.69 Å². The maximum Gasteiger partial charge on any atom is 0.416 e. The van der Waals surface area contributed by atoms with Crippen LogP contribution < -0.4 is 4.90 Å². The smallest absolute Gasteiger partial charge is 0.363 e. The lowest BCUT2D eigenvalue weighted by Crippen LogP contribution is -2.46. The molecule has 1 aliphatic heterocycles. The Morgan fingerprint density at radius 3 is 2.53 bits per heavy atom. The molecule has 0 aliphatic carbocycles. The van der Waals surface area contributed by atoms with Crippen molar-refractivity contribution in [3.8, 4) is 0 Å². The van der Waals surface area contributed by atoms with E-state index in [0.717, 1.165) is 23.0 Å². The zero-order chi connectivity index (χ0) is 21.5. The van der Waals surface area contributed by atoms with Gasteiger partial charge in [-0.1, -0.05) is 6.07 Å². The van der Waals surface area contributed by atoms with Gasteiger partial charge in [0.25, 0.3) is 5.69 Å². The topological polar surface area (TPSA) is 66.9 Å². The lowest BCUT2D eigenvalue weighted by Gasteiger charge is -2.35. The number of aromatic nitrogens is 2. The lowest BCUT2D eigenvalue weighted by molar-refractivity contribution is -0.384. The molecule has 0 N–H and O–H groups in total. The number of imidazole rings is 1. The third-order valence-corrected chi connectivity index (χ3v) is 5.33. The van der Waals surface area contributed by atoms with E-state index in [1.165, 1.54) is 6.07 Å². The molecule has 0 unspecified atom stereocenters. The van der Waals surface area contributed by atoms with Gasteiger partial charge < -0.3 is 9.30 Å². The van der Waals surface area contributed by atoms with Crippen molar-refractivity contribution in [1.29, 1.82) is 0 Å². The van der Waals surface area contributed by atoms with E-state index in [4.69, 9.17) is 0 Å². The molecule has 7 nitrogen and oxygen atoms in total. The molecule has 0 spiro atoms. The molecule has 0 bridgehead atoms. The van der Waals surface area contributed by atoms with Gasteiger partial charge in [-0.2, -0.15) is 13.2 Å². The fourth-order valence-corrected chi connectivity index (χ4v) is 3.77. The van der Waals surface area contributed by atoms with Gasteiger partial charge in [-0.05, 0) is 30.7 Å². The molecule has 158 valence electrons. The van der Waals surface area contributed by atoms with Gasteiger partial charge in [0.15, 0.2) is 0 Å². The van der Waals surface area contributed by atoms with Crippen molar-refractivity contribution in [2.24, 2.45) is 0 Å². The Morgan fingerprint density at radius 1 is 1.17 bits per heavy atom. The average molecular weight is 419 g/mol. The van der Waals surface area contributed by atoms with Crippen LogP contribution in [0.1, 0.15) is 16.8 Å². The Bertz CT molecular complexity index is 1090. The van der Waals surface area contributed by atoms with Crippen LogP contribution in [0.3, 0.4) is 0 Å². The molecule has 10 heteroatoms. The Labute approximate surface area is 170 Å². The molecule has 0 atom stereocenters. The van der Waals surface area contributed by atoms with Crippen LogP contribution in [-0.4, -0.2) is 45.4 Å². The minimum Gasteiger partial charge on any atom is -0.363 e. The summed E-state index contributed by atoms with van der Waals surface area (Å²) in [6.45, 7) is 4.87. The number of benzene rings is 1. The molecule has 1 saturated heterocycles. The molecule has 4 rings (SSSR count). The molecule has 0 saturated carbocycles. The number of alkyl halides is 3. The second kappa shape index (κ2) is 7.60. The summed E-state index contributed by atoms with van der Waals surface area (Å²) in [5.41, 5.74) is 1.61. The largest absolute Gasteiger partial charge is 0.416 e. The van der Waals surface area contributed by atoms with E-state index < -0.39 is 22.4 Å². The van der Waals surface area contributed by atoms with Gasteiger partial charge in [-0.3, -0.25) is 15.0 Å². The molecule has 1 fully saturated rings. The van der Waals surface area contributed by atoms with Crippen LogP contribution in [0.4, 0.5) is 24.5 Å². The summed E-state index contributed by atoms with van der Waals surface area (Å²) in [5, 5.41) is 11.4. The van der Waals surface area contributed by atoms with Crippen LogP contribution in [0.15, 0.2) is 42.7 Å². The maximum atomic E-state index is 12.9. The fourth-order valence-electron chi connectivity index (χ4n) is 3.77. The molecule has 1 aliphatic rings. The van der Waals surface area contributed by atoms with Gasteiger partial charge >= 0.3 is 6.18 Å². The Morgan fingerprint density at radius 2 is 1.90 bits per heavy atom.